The van der Waals surface area contributed by atoms with E-state index in [4.69, 9.17) is 14.2 Å². The van der Waals surface area contributed by atoms with E-state index in [-0.39, 0.29) is 12.2 Å². The normalized spacial score (nSPS) is 28.3. The first-order valence-corrected chi connectivity index (χ1v) is 5.34. The summed E-state index contributed by atoms with van der Waals surface area (Å²) in [5.74, 6) is 1.71. The monoisotopic (exact) mass is 206 g/mol. The maximum absolute atomic E-state index is 5.89. The zero-order valence-electron chi connectivity index (χ0n) is 8.73. The Morgan fingerprint density at radius 1 is 1.13 bits per heavy atom. The zero-order chi connectivity index (χ0) is 10.3. The topological polar surface area (TPSA) is 27.7 Å². The summed E-state index contributed by atoms with van der Waals surface area (Å²) in [5.41, 5.74) is 1.19. The van der Waals surface area contributed by atoms with Gasteiger partial charge in [-0.05, 0) is 24.6 Å². The molecule has 80 valence electrons. The van der Waals surface area contributed by atoms with Gasteiger partial charge in [-0.3, -0.25) is 0 Å². The second kappa shape index (κ2) is 3.42. The summed E-state index contributed by atoms with van der Waals surface area (Å²) in [4.78, 5) is 0. The minimum atomic E-state index is 0.0630. The molecule has 0 amide bonds. The summed E-state index contributed by atoms with van der Waals surface area (Å²) in [7, 11) is 0. The third-order valence-corrected chi connectivity index (χ3v) is 2.90. The van der Waals surface area contributed by atoms with Crippen molar-refractivity contribution in [2.24, 2.45) is 0 Å². The Bertz CT molecular complexity index is 375. The van der Waals surface area contributed by atoms with Gasteiger partial charge in [-0.25, -0.2) is 0 Å². The molecule has 2 aliphatic rings. The van der Waals surface area contributed by atoms with Crippen molar-refractivity contribution < 1.29 is 14.2 Å². The van der Waals surface area contributed by atoms with Crippen molar-refractivity contribution in [3.8, 4) is 11.5 Å². The van der Waals surface area contributed by atoms with E-state index in [2.05, 4.69) is 0 Å². The minimum absolute atomic E-state index is 0.0630. The van der Waals surface area contributed by atoms with Gasteiger partial charge in [0.15, 0.2) is 17.6 Å². The van der Waals surface area contributed by atoms with Crippen molar-refractivity contribution in [2.75, 3.05) is 13.2 Å². The van der Waals surface area contributed by atoms with E-state index in [9.17, 15) is 0 Å². The largest absolute Gasteiger partial charge is 0.482 e. The summed E-state index contributed by atoms with van der Waals surface area (Å²) in [6, 6.07) is 6.04. The van der Waals surface area contributed by atoms with E-state index < -0.39 is 0 Å². The third kappa shape index (κ3) is 1.57. The second-order valence-electron chi connectivity index (χ2n) is 4.13. The number of aryl methyl sites for hydroxylation is 1. The molecule has 2 aliphatic heterocycles. The molecule has 0 spiro atoms. The molecule has 15 heavy (non-hydrogen) atoms. The Kier molecular flexibility index (Phi) is 2.06. The molecule has 0 N–H and O–H groups in total. The molecule has 1 saturated heterocycles. The van der Waals surface area contributed by atoms with Crippen LogP contribution in [0, 0.1) is 6.92 Å². The summed E-state index contributed by atoms with van der Waals surface area (Å²) in [5, 5.41) is 0. The van der Waals surface area contributed by atoms with E-state index in [0.29, 0.717) is 6.61 Å². The smallest absolute Gasteiger partial charge is 0.162 e. The SMILES string of the molecule is Cc1ccc2c(c1)OC1COCCC1O2. The van der Waals surface area contributed by atoms with Gasteiger partial charge in [-0.15, -0.1) is 0 Å². The van der Waals surface area contributed by atoms with Crippen LogP contribution in [0.15, 0.2) is 18.2 Å². The average Bonchev–Trinajstić information content (AvgIpc) is 2.26. The van der Waals surface area contributed by atoms with Crippen LogP contribution in [0.2, 0.25) is 0 Å². The van der Waals surface area contributed by atoms with Gasteiger partial charge in [0.1, 0.15) is 6.10 Å². The quantitative estimate of drug-likeness (QED) is 0.649. The molecule has 3 rings (SSSR count). The molecule has 0 aliphatic carbocycles. The fourth-order valence-corrected chi connectivity index (χ4v) is 2.07. The lowest BCUT2D eigenvalue weighted by Crippen LogP contribution is -2.46. The predicted molar refractivity (Wildman–Crippen MR) is 55.4 cm³/mol. The maximum Gasteiger partial charge on any atom is 0.162 e. The van der Waals surface area contributed by atoms with Gasteiger partial charge in [0, 0.05) is 6.42 Å². The lowest BCUT2D eigenvalue weighted by atomic mass is 10.1. The number of hydrogen-bond acceptors (Lipinski definition) is 3. The summed E-state index contributed by atoms with van der Waals surface area (Å²) >= 11 is 0. The first-order chi connectivity index (χ1) is 7.33. The Balaban J connectivity index is 1.92. The Labute approximate surface area is 89.0 Å². The van der Waals surface area contributed by atoms with Crippen LogP contribution in [-0.4, -0.2) is 25.4 Å². The van der Waals surface area contributed by atoms with Crippen molar-refractivity contribution in [2.45, 2.75) is 25.6 Å². The molecule has 3 heteroatoms. The van der Waals surface area contributed by atoms with Gasteiger partial charge >= 0.3 is 0 Å². The molecular formula is C12H14O3. The number of ether oxygens (including phenoxy) is 3. The highest BCUT2D eigenvalue weighted by Crippen LogP contribution is 2.36. The molecule has 3 nitrogen and oxygen atoms in total. The van der Waals surface area contributed by atoms with Gasteiger partial charge in [0.25, 0.3) is 0 Å². The highest BCUT2D eigenvalue weighted by Gasteiger charge is 2.34. The lowest BCUT2D eigenvalue weighted by Gasteiger charge is -2.36. The standard InChI is InChI=1S/C12H14O3/c1-8-2-3-9-11(6-8)15-12-7-13-5-4-10(12)14-9/h2-3,6,10,12H,4-5,7H2,1H3. The summed E-state index contributed by atoms with van der Waals surface area (Å²) < 4.78 is 17.1. The van der Waals surface area contributed by atoms with E-state index in [1.807, 2.05) is 25.1 Å². The number of rotatable bonds is 0. The van der Waals surface area contributed by atoms with Crippen LogP contribution in [0.5, 0.6) is 11.5 Å². The average molecular weight is 206 g/mol. The van der Waals surface area contributed by atoms with Gasteiger partial charge < -0.3 is 14.2 Å². The van der Waals surface area contributed by atoms with Crippen LogP contribution in [0.3, 0.4) is 0 Å². The van der Waals surface area contributed by atoms with E-state index >= 15 is 0 Å². The molecular weight excluding hydrogens is 192 g/mol. The van der Waals surface area contributed by atoms with Crippen LogP contribution in [-0.2, 0) is 4.74 Å². The van der Waals surface area contributed by atoms with Crippen LogP contribution < -0.4 is 9.47 Å². The van der Waals surface area contributed by atoms with Crippen molar-refractivity contribution in [1.82, 2.24) is 0 Å². The van der Waals surface area contributed by atoms with Crippen molar-refractivity contribution in [1.29, 1.82) is 0 Å². The fourth-order valence-electron chi connectivity index (χ4n) is 2.07. The first-order valence-electron chi connectivity index (χ1n) is 5.34. The molecule has 0 aromatic heterocycles. The molecule has 1 aromatic rings. The maximum atomic E-state index is 5.89. The Morgan fingerprint density at radius 2 is 2.00 bits per heavy atom. The van der Waals surface area contributed by atoms with Crippen LogP contribution in [0.4, 0.5) is 0 Å². The van der Waals surface area contributed by atoms with Crippen molar-refractivity contribution in [3.63, 3.8) is 0 Å². The molecule has 0 bridgehead atoms. The number of hydrogen-bond donors (Lipinski definition) is 0. The van der Waals surface area contributed by atoms with Gasteiger partial charge in [0.2, 0.25) is 0 Å². The van der Waals surface area contributed by atoms with Crippen molar-refractivity contribution in [3.05, 3.63) is 23.8 Å². The highest BCUT2D eigenvalue weighted by atomic mass is 16.6. The number of fused-ring (bicyclic) bond motifs is 2. The lowest BCUT2D eigenvalue weighted by molar-refractivity contribution is -0.0804. The van der Waals surface area contributed by atoms with Crippen molar-refractivity contribution >= 4 is 0 Å². The van der Waals surface area contributed by atoms with Crippen LogP contribution in [0.1, 0.15) is 12.0 Å². The van der Waals surface area contributed by atoms with Gasteiger partial charge in [-0.2, -0.15) is 0 Å². The first kappa shape index (κ1) is 9.04. The number of benzene rings is 1. The van der Waals surface area contributed by atoms with Crippen LogP contribution >= 0.6 is 0 Å². The fraction of sp³-hybridized carbons (Fsp3) is 0.500. The second-order valence-corrected chi connectivity index (χ2v) is 4.13. The van der Waals surface area contributed by atoms with E-state index in [0.717, 1.165) is 24.5 Å². The molecule has 2 atom stereocenters. The van der Waals surface area contributed by atoms with Crippen LogP contribution in [0.25, 0.3) is 0 Å². The molecule has 0 radical (unpaired) electrons. The van der Waals surface area contributed by atoms with E-state index in [1.165, 1.54) is 5.56 Å². The van der Waals surface area contributed by atoms with E-state index in [1.54, 1.807) is 0 Å². The highest BCUT2D eigenvalue weighted by molar-refractivity contribution is 5.44. The molecule has 2 unspecified atom stereocenters. The Morgan fingerprint density at radius 3 is 2.93 bits per heavy atom. The predicted octanol–water partition coefficient (Wildman–Crippen LogP) is 1.92. The third-order valence-electron chi connectivity index (χ3n) is 2.90. The molecule has 1 aromatic carbocycles. The summed E-state index contributed by atoms with van der Waals surface area (Å²) in [6.07, 6.45) is 1.14. The minimum Gasteiger partial charge on any atom is -0.482 e. The van der Waals surface area contributed by atoms with Gasteiger partial charge in [-0.1, -0.05) is 6.07 Å². The summed E-state index contributed by atoms with van der Waals surface area (Å²) in [6.45, 7) is 3.46. The zero-order valence-corrected chi connectivity index (χ0v) is 8.73. The van der Waals surface area contributed by atoms with Gasteiger partial charge in [0.05, 0.1) is 13.2 Å². The Hall–Kier alpha value is -1.22. The molecule has 1 fully saturated rings. The molecule has 2 heterocycles. The molecule has 0 saturated carbocycles.